The number of hydrogen-bond acceptors (Lipinski definition) is 4. The van der Waals surface area contributed by atoms with Crippen LogP contribution in [0, 0.1) is 15.9 Å². The summed E-state index contributed by atoms with van der Waals surface area (Å²) in [6.45, 7) is 3.59. The highest BCUT2D eigenvalue weighted by Gasteiger charge is 2.16. The van der Waals surface area contributed by atoms with Gasteiger partial charge < -0.3 is 5.32 Å². The summed E-state index contributed by atoms with van der Waals surface area (Å²) in [5.74, 6) is -0.609. The van der Waals surface area contributed by atoms with Crippen molar-refractivity contribution in [1.82, 2.24) is 4.90 Å². The summed E-state index contributed by atoms with van der Waals surface area (Å²) in [7, 11) is 0. The Balaban J connectivity index is 1.72. The molecule has 3 rings (SSSR count). The molecule has 2 aromatic carbocycles. The van der Waals surface area contributed by atoms with E-state index >= 15 is 0 Å². The molecule has 0 radical (unpaired) electrons. The lowest BCUT2D eigenvalue weighted by molar-refractivity contribution is -0.384. The second kappa shape index (κ2) is 8.07. The molecule has 2 aromatic rings. The number of nitrogens with one attached hydrogen (secondary N) is 1. The lowest BCUT2D eigenvalue weighted by atomic mass is 10.0. The van der Waals surface area contributed by atoms with Crippen molar-refractivity contribution in [2.75, 3.05) is 18.4 Å². The molecule has 0 saturated carbocycles. The Kier molecular flexibility index (Phi) is 5.60. The number of nitrogens with zero attached hydrogens (tertiary/aromatic N) is 2. The topological polar surface area (TPSA) is 58.4 Å². The third-order valence-corrected chi connectivity index (χ3v) is 4.59. The molecule has 132 valence electrons. The standard InChI is InChI=1S/C19H22FN3O2/c20-17-8-9-18(19(12-17)23(24)25)21-13-15-6-2-3-7-16(15)14-22-10-4-1-5-11-22/h2-3,6-9,12,21H,1,4-5,10-11,13-14H2. The Bertz CT molecular complexity index is 745. The van der Waals surface area contributed by atoms with Crippen LogP contribution in [0.2, 0.25) is 0 Å². The fourth-order valence-electron chi connectivity index (χ4n) is 3.24. The molecule has 6 heteroatoms. The highest BCUT2D eigenvalue weighted by atomic mass is 19.1. The molecule has 1 aliphatic rings. The minimum absolute atomic E-state index is 0.242. The maximum Gasteiger partial charge on any atom is 0.295 e. The summed E-state index contributed by atoms with van der Waals surface area (Å²) >= 11 is 0. The van der Waals surface area contributed by atoms with E-state index in [0.717, 1.165) is 31.3 Å². The number of hydrogen-bond donors (Lipinski definition) is 1. The van der Waals surface area contributed by atoms with Crippen molar-refractivity contribution in [3.05, 3.63) is 69.5 Å². The average Bonchev–Trinajstić information content (AvgIpc) is 2.62. The van der Waals surface area contributed by atoms with Gasteiger partial charge in [-0.1, -0.05) is 30.7 Å². The maximum absolute atomic E-state index is 13.3. The summed E-state index contributed by atoms with van der Waals surface area (Å²) in [6, 6.07) is 11.7. The molecule has 0 unspecified atom stereocenters. The monoisotopic (exact) mass is 343 g/mol. The van der Waals surface area contributed by atoms with E-state index in [1.165, 1.54) is 37.0 Å². The number of rotatable bonds is 6. The highest BCUT2D eigenvalue weighted by molar-refractivity contribution is 5.61. The van der Waals surface area contributed by atoms with Gasteiger partial charge in [-0.3, -0.25) is 15.0 Å². The zero-order valence-corrected chi connectivity index (χ0v) is 14.1. The van der Waals surface area contributed by atoms with Crippen molar-refractivity contribution >= 4 is 11.4 Å². The van der Waals surface area contributed by atoms with E-state index in [0.29, 0.717) is 12.2 Å². The van der Waals surface area contributed by atoms with E-state index in [-0.39, 0.29) is 5.69 Å². The molecule has 1 fully saturated rings. The molecule has 5 nitrogen and oxygen atoms in total. The fourth-order valence-corrected chi connectivity index (χ4v) is 3.24. The predicted molar refractivity (Wildman–Crippen MR) is 96.0 cm³/mol. The van der Waals surface area contributed by atoms with Gasteiger partial charge in [-0.2, -0.15) is 0 Å². The Hall–Kier alpha value is -2.47. The van der Waals surface area contributed by atoms with Crippen LogP contribution < -0.4 is 5.32 Å². The van der Waals surface area contributed by atoms with Gasteiger partial charge >= 0.3 is 0 Å². The number of likely N-dealkylation sites (tertiary alicyclic amines) is 1. The molecule has 1 saturated heterocycles. The minimum atomic E-state index is -0.609. The zero-order chi connectivity index (χ0) is 17.6. The second-order valence-corrected chi connectivity index (χ2v) is 6.38. The number of halogens is 1. The van der Waals surface area contributed by atoms with Crippen LogP contribution in [0.1, 0.15) is 30.4 Å². The molecule has 0 aromatic heterocycles. The first-order valence-electron chi connectivity index (χ1n) is 8.60. The molecular weight excluding hydrogens is 321 g/mol. The van der Waals surface area contributed by atoms with Gasteiger partial charge in [0.2, 0.25) is 0 Å². The molecule has 0 bridgehead atoms. The van der Waals surface area contributed by atoms with Crippen LogP contribution in [0.15, 0.2) is 42.5 Å². The summed E-state index contributed by atoms with van der Waals surface area (Å²) in [5, 5.41) is 14.2. The summed E-state index contributed by atoms with van der Waals surface area (Å²) in [6.07, 6.45) is 3.78. The lowest BCUT2D eigenvalue weighted by Gasteiger charge is -2.27. The molecule has 1 aliphatic heterocycles. The first-order valence-corrected chi connectivity index (χ1v) is 8.60. The third-order valence-electron chi connectivity index (χ3n) is 4.59. The largest absolute Gasteiger partial charge is 0.375 e. The van der Waals surface area contributed by atoms with Crippen molar-refractivity contribution in [3.63, 3.8) is 0 Å². The Morgan fingerprint density at radius 3 is 2.52 bits per heavy atom. The molecule has 1 heterocycles. The molecule has 0 aliphatic carbocycles. The first-order chi connectivity index (χ1) is 12.1. The highest BCUT2D eigenvalue weighted by Crippen LogP contribution is 2.26. The number of piperidine rings is 1. The smallest absolute Gasteiger partial charge is 0.295 e. The Morgan fingerprint density at radius 1 is 1.08 bits per heavy atom. The first kappa shape index (κ1) is 17.4. The van der Waals surface area contributed by atoms with Crippen LogP contribution in [0.3, 0.4) is 0 Å². The molecule has 25 heavy (non-hydrogen) atoms. The van der Waals surface area contributed by atoms with E-state index in [9.17, 15) is 14.5 Å². The van der Waals surface area contributed by atoms with Gasteiger partial charge in [0.15, 0.2) is 0 Å². The third kappa shape index (κ3) is 4.54. The second-order valence-electron chi connectivity index (χ2n) is 6.38. The Morgan fingerprint density at radius 2 is 1.80 bits per heavy atom. The van der Waals surface area contributed by atoms with Gasteiger partial charge in [-0.15, -0.1) is 0 Å². The van der Waals surface area contributed by atoms with Crippen LogP contribution in [0.25, 0.3) is 0 Å². The van der Waals surface area contributed by atoms with E-state index in [1.807, 2.05) is 18.2 Å². The van der Waals surface area contributed by atoms with Gasteiger partial charge in [-0.25, -0.2) is 4.39 Å². The summed E-state index contributed by atoms with van der Waals surface area (Å²) < 4.78 is 13.3. The van der Waals surface area contributed by atoms with Crippen molar-refractivity contribution in [2.45, 2.75) is 32.4 Å². The van der Waals surface area contributed by atoms with Crippen molar-refractivity contribution < 1.29 is 9.31 Å². The predicted octanol–water partition coefficient (Wildman–Crippen LogP) is 4.33. The van der Waals surface area contributed by atoms with Crippen LogP contribution >= 0.6 is 0 Å². The van der Waals surface area contributed by atoms with Gasteiger partial charge in [0.05, 0.1) is 11.0 Å². The van der Waals surface area contributed by atoms with E-state index in [1.54, 1.807) is 0 Å². The SMILES string of the molecule is O=[N+]([O-])c1cc(F)ccc1NCc1ccccc1CN1CCCCC1. The Labute approximate surface area is 146 Å². The molecule has 0 amide bonds. The zero-order valence-electron chi connectivity index (χ0n) is 14.1. The van der Waals surface area contributed by atoms with Crippen LogP contribution in [-0.4, -0.2) is 22.9 Å². The van der Waals surface area contributed by atoms with E-state index in [4.69, 9.17) is 0 Å². The maximum atomic E-state index is 13.3. The summed E-state index contributed by atoms with van der Waals surface area (Å²) in [5.41, 5.74) is 2.42. The quantitative estimate of drug-likeness (QED) is 0.626. The van der Waals surface area contributed by atoms with Crippen LogP contribution in [0.5, 0.6) is 0 Å². The van der Waals surface area contributed by atoms with Crippen molar-refractivity contribution in [2.24, 2.45) is 0 Å². The van der Waals surface area contributed by atoms with Crippen LogP contribution in [-0.2, 0) is 13.1 Å². The average molecular weight is 343 g/mol. The fraction of sp³-hybridized carbons (Fsp3) is 0.368. The number of nitro groups is 1. The van der Waals surface area contributed by atoms with Gasteiger partial charge in [0.1, 0.15) is 11.5 Å². The van der Waals surface area contributed by atoms with Crippen LogP contribution in [0.4, 0.5) is 15.8 Å². The lowest BCUT2D eigenvalue weighted by Crippen LogP contribution is -2.29. The van der Waals surface area contributed by atoms with E-state index in [2.05, 4.69) is 16.3 Å². The molecule has 0 spiro atoms. The number of nitro benzene ring substituents is 1. The normalized spacial score (nSPS) is 15.1. The summed E-state index contributed by atoms with van der Waals surface area (Å²) in [4.78, 5) is 13.0. The van der Waals surface area contributed by atoms with Crippen molar-refractivity contribution in [3.8, 4) is 0 Å². The van der Waals surface area contributed by atoms with Gasteiger partial charge in [0.25, 0.3) is 5.69 Å². The molecule has 1 N–H and O–H groups in total. The minimum Gasteiger partial charge on any atom is -0.375 e. The molecule has 0 atom stereocenters. The number of benzene rings is 2. The van der Waals surface area contributed by atoms with Gasteiger partial charge in [0, 0.05) is 13.1 Å². The molecular formula is C19H22FN3O2. The van der Waals surface area contributed by atoms with Gasteiger partial charge in [-0.05, 0) is 49.2 Å². The van der Waals surface area contributed by atoms with E-state index < -0.39 is 10.7 Å². The number of anilines is 1. The van der Waals surface area contributed by atoms with Crippen molar-refractivity contribution in [1.29, 1.82) is 0 Å².